The summed E-state index contributed by atoms with van der Waals surface area (Å²) in [6.45, 7) is 5.81. The van der Waals surface area contributed by atoms with Crippen LogP contribution in [0.3, 0.4) is 0 Å². The SMILES string of the molecule is C=C(/C=C(F)\C=C(/C)F)[C@@H]1CC[C@H]2OC3(CCN(C(=O)c4cnc5cnccn45)CC3)C(=O)N21. The summed E-state index contributed by atoms with van der Waals surface area (Å²) in [5, 5.41) is 0. The molecular formula is C24H25F2N5O3. The van der Waals surface area contributed by atoms with Gasteiger partial charge >= 0.3 is 0 Å². The minimum absolute atomic E-state index is 0.153. The highest BCUT2D eigenvalue weighted by Crippen LogP contribution is 2.44. The van der Waals surface area contributed by atoms with Crippen LogP contribution >= 0.6 is 0 Å². The van der Waals surface area contributed by atoms with E-state index in [2.05, 4.69) is 16.5 Å². The van der Waals surface area contributed by atoms with Crippen molar-refractivity contribution in [2.75, 3.05) is 13.1 Å². The summed E-state index contributed by atoms with van der Waals surface area (Å²) in [6.07, 6.45) is 9.90. The summed E-state index contributed by atoms with van der Waals surface area (Å²) in [5.74, 6) is -1.71. The number of carbonyl (C=O) groups excluding carboxylic acids is 2. The van der Waals surface area contributed by atoms with E-state index in [1.54, 1.807) is 32.8 Å². The molecule has 2 aromatic rings. The molecule has 5 rings (SSSR count). The number of imidazole rings is 1. The molecule has 3 fully saturated rings. The fraction of sp³-hybridized carbons (Fsp3) is 0.417. The van der Waals surface area contributed by atoms with E-state index in [0.29, 0.717) is 55.7 Å². The number of aromatic nitrogens is 3. The number of carbonyl (C=O) groups is 2. The lowest BCUT2D eigenvalue weighted by Gasteiger charge is -2.37. The highest BCUT2D eigenvalue weighted by molar-refractivity contribution is 5.94. The van der Waals surface area contributed by atoms with E-state index in [1.807, 2.05) is 0 Å². The van der Waals surface area contributed by atoms with Crippen molar-refractivity contribution in [3.05, 3.63) is 66.4 Å². The minimum atomic E-state index is -0.999. The second kappa shape index (κ2) is 8.43. The Morgan fingerprint density at radius 2 is 2.00 bits per heavy atom. The quantitative estimate of drug-likeness (QED) is 0.642. The van der Waals surface area contributed by atoms with Crippen molar-refractivity contribution in [1.82, 2.24) is 24.2 Å². The maximum Gasteiger partial charge on any atom is 0.272 e. The van der Waals surface area contributed by atoms with Crippen molar-refractivity contribution in [2.45, 2.75) is 50.5 Å². The average Bonchev–Trinajstić information content (AvgIpc) is 3.48. The molecule has 0 unspecified atom stereocenters. The number of halogens is 2. The molecule has 0 bridgehead atoms. The molecule has 0 N–H and O–H groups in total. The summed E-state index contributed by atoms with van der Waals surface area (Å²) in [7, 11) is 0. The van der Waals surface area contributed by atoms with E-state index in [-0.39, 0.29) is 11.8 Å². The van der Waals surface area contributed by atoms with Crippen LogP contribution in [0.15, 0.2) is 60.7 Å². The third-order valence-corrected chi connectivity index (χ3v) is 6.80. The Hall–Kier alpha value is -3.40. The van der Waals surface area contributed by atoms with Crippen LogP contribution in [0.25, 0.3) is 5.65 Å². The zero-order valence-electron chi connectivity index (χ0n) is 18.8. The van der Waals surface area contributed by atoms with Gasteiger partial charge in [-0.15, -0.1) is 0 Å². The van der Waals surface area contributed by atoms with Crippen LogP contribution in [0.2, 0.25) is 0 Å². The summed E-state index contributed by atoms with van der Waals surface area (Å²) >= 11 is 0. The monoisotopic (exact) mass is 469 g/mol. The lowest BCUT2D eigenvalue weighted by atomic mass is 9.89. The van der Waals surface area contributed by atoms with Crippen molar-refractivity contribution in [1.29, 1.82) is 0 Å². The van der Waals surface area contributed by atoms with E-state index >= 15 is 0 Å². The van der Waals surface area contributed by atoms with E-state index in [0.717, 1.165) is 13.0 Å². The van der Waals surface area contributed by atoms with Crippen LogP contribution in [-0.2, 0) is 9.53 Å². The molecule has 2 amide bonds. The highest BCUT2D eigenvalue weighted by Gasteiger charge is 2.58. The Morgan fingerprint density at radius 3 is 2.74 bits per heavy atom. The number of hydrogen-bond acceptors (Lipinski definition) is 5. The molecule has 0 radical (unpaired) electrons. The van der Waals surface area contributed by atoms with Crippen molar-refractivity contribution < 1.29 is 23.1 Å². The minimum Gasteiger partial charge on any atom is -0.342 e. The molecule has 3 saturated heterocycles. The lowest BCUT2D eigenvalue weighted by molar-refractivity contribution is -0.142. The van der Waals surface area contributed by atoms with Crippen molar-refractivity contribution in [2.24, 2.45) is 0 Å². The summed E-state index contributed by atoms with van der Waals surface area (Å²) in [5.41, 5.74) is 0.432. The van der Waals surface area contributed by atoms with Crippen LogP contribution in [0.5, 0.6) is 0 Å². The third kappa shape index (κ3) is 3.71. The normalized spacial score (nSPS) is 24.9. The van der Waals surface area contributed by atoms with Crippen LogP contribution in [-0.4, -0.2) is 66.9 Å². The van der Waals surface area contributed by atoms with Gasteiger partial charge in [-0.05, 0) is 31.4 Å². The molecule has 34 heavy (non-hydrogen) atoms. The van der Waals surface area contributed by atoms with Gasteiger partial charge in [0.05, 0.1) is 24.3 Å². The predicted octanol–water partition coefficient (Wildman–Crippen LogP) is 3.33. The molecular weight excluding hydrogens is 444 g/mol. The molecule has 2 aromatic heterocycles. The molecule has 5 heterocycles. The fourth-order valence-electron chi connectivity index (χ4n) is 5.15. The van der Waals surface area contributed by atoms with Crippen LogP contribution in [0, 0.1) is 0 Å². The Bertz CT molecular complexity index is 1220. The molecule has 1 spiro atoms. The highest BCUT2D eigenvalue weighted by atomic mass is 19.1. The Labute approximate surface area is 195 Å². The maximum absolute atomic E-state index is 14.0. The van der Waals surface area contributed by atoms with Gasteiger partial charge in [0.15, 0.2) is 11.2 Å². The van der Waals surface area contributed by atoms with Gasteiger partial charge in [0.2, 0.25) is 0 Å². The number of likely N-dealkylation sites (tertiary alicyclic amines) is 1. The van der Waals surface area contributed by atoms with Crippen LogP contribution in [0.4, 0.5) is 8.78 Å². The van der Waals surface area contributed by atoms with Crippen molar-refractivity contribution in [3.63, 3.8) is 0 Å². The molecule has 0 aromatic carbocycles. The van der Waals surface area contributed by atoms with Crippen molar-refractivity contribution >= 4 is 17.5 Å². The van der Waals surface area contributed by atoms with Gasteiger partial charge < -0.3 is 14.5 Å². The summed E-state index contributed by atoms with van der Waals surface area (Å²) < 4.78 is 34.9. The second-order valence-corrected chi connectivity index (χ2v) is 8.95. The van der Waals surface area contributed by atoms with E-state index in [4.69, 9.17) is 4.74 Å². The van der Waals surface area contributed by atoms with Gasteiger partial charge in [0.1, 0.15) is 17.7 Å². The maximum atomic E-state index is 14.0. The number of piperidine rings is 1. The average molecular weight is 469 g/mol. The van der Waals surface area contributed by atoms with Gasteiger partial charge in [-0.3, -0.25) is 19.0 Å². The van der Waals surface area contributed by atoms with Crippen molar-refractivity contribution in [3.8, 4) is 0 Å². The van der Waals surface area contributed by atoms with Gasteiger partial charge in [-0.1, -0.05) is 6.58 Å². The Balaban J connectivity index is 1.28. The van der Waals surface area contributed by atoms with E-state index in [9.17, 15) is 18.4 Å². The second-order valence-electron chi connectivity index (χ2n) is 8.95. The Kier molecular flexibility index (Phi) is 5.55. The van der Waals surface area contributed by atoms with Gasteiger partial charge in [0, 0.05) is 44.4 Å². The fourth-order valence-corrected chi connectivity index (χ4v) is 5.15. The zero-order chi connectivity index (χ0) is 24.0. The molecule has 3 aliphatic rings. The number of amides is 2. The number of hydrogen-bond donors (Lipinski definition) is 0. The number of allylic oxidation sites excluding steroid dienone is 3. The first-order valence-electron chi connectivity index (χ1n) is 11.3. The largest absolute Gasteiger partial charge is 0.342 e. The third-order valence-electron chi connectivity index (χ3n) is 6.80. The smallest absolute Gasteiger partial charge is 0.272 e. The van der Waals surface area contributed by atoms with E-state index in [1.165, 1.54) is 12.3 Å². The first-order valence-corrected chi connectivity index (χ1v) is 11.3. The molecule has 8 nitrogen and oxygen atoms in total. The first kappa shape index (κ1) is 22.4. The number of fused-ring (bicyclic) bond motifs is 2. The zero-order valence-corrected chi connectivity index (χ0v) is 18.8. The van der Waals surface area contributed by atoms with Gasteiger partial charge in [-0.25, -0.2) is 13.8 Å². The number of ether oxygens (including phenoxy) is 1. The predicted molar refractivity (Wildman–Crippen MR) is 119 cm³/mol. The lowest BCUT2D eigenvalue weighted by Crippen LogP contribution is -2.52. The van der Waals surface area contributed by atoms with Crippen LogP contribution in [0.1, 0.15) is 43.1 Å². The molecule has 0 saturated carbocycles. The molecule has 2 atom stereocenters. The molecule has 3 aliphatic heterocycles. The molecule has 10 heteroatoms. The standard InChI is InChI=1S/C24H25F2N5O3/c1-15(11-17(26)12-16(2)25)18-3-4-21-31(18)23(33)24(34-21)5-8-29(9-6-24)22(32)19-13-28-20-14-27-7-10-30(19)20/h7,10-14,18,21H,1,3-6,8-9H2,2H3/b16-12+,17-11+/t18-,21+/m0/s1. The molecule has 178 valence electrons. The van der Waals surface area contributed by atoms with Gasteiger partial charge in [0.25, 0.3) is 11.8 Å². The van der Waals surface area contributed by atoms with Crippen LogP contribution < -0.4 is 0 Å². The van der Waals surface area contributed by atoms with E-state index < -0.39 is 29.5 Å². The van der Waals surface area contributed by atoms with Gasteiger partial charge in [-0.2, -0.15) is 0 Å². The molecule has 0 aliphatic carbocycles. The number of nitrogens with zero attached hydrogens (tertiary/aromatic N) is 5. The summed E-state index contributed by atoms with van der Waals surface area (Å²) in [4.78, 5) is 38.2. The first-order chi connectivity index (χ1) is 16.3. The Morgan fingerprint density at radius 1 is 1.24 bits per heavy atom. The number of rotatable bonds is 4. The topological polar surface area (TPSA) is 80.0 Å². The summed E-state index contributed by atoms with van der Waals surface area (Å²) in [6, 6.07) is -0.401.